The minimum absolute atomic E-state index is 0.00365. The highest BCUT2D eigenvalue weighted by Gasteiger charge is 2.19. The number of rotatable bonds is 7. The van der Waals surface area contributed by atoms with Crippen LogP contribution in [0.25, 0.3) is 0 Å². The summed E-state index contributed by atoms with van der Waals surface area (Å²) < 4.78 is 5.25. The highest BCUT2D eigenvalue weighted by atomic mass is 16.5. The quantitative estimate of drug-likeness (QED) is 0.711. The molecule has 0 radical (unpaired) electrons. The summed E-state index contributed by atoms with van der Waals surface area (Å²) in [5.41, 5.74) is 8.06. The zero-order valence-corrected chi connectivity index (χ0v) is 10.7. The monoisotopic (exact) mass is 237 g/mol. The molecule has 0 bridgehead atoms. The van der Waals surface area contributed by atoms with Gasteiger partial charge in [-0.15, -0.1) is 0 Å². The minimum atomic E-state index is -0.436. The van der Waals surface area contributed by atoms with Crippen molar-refractivity contribution in [1.82, 2.24) is 0 Å². The molecule has 2 atom stereocenters. The molecular formula is C14H23NO2. The lowest BCUT2D eigenvalue weighted by Crippen LogP contribution is -2.27. The minimum Gasteiger partial charge on any atom is -0.392 e. The van der Waals surface area contributed by atoms with E-state index in [9.17, 15) is 5.11 Å². The number of hydrogen-bond donors (Lipinski definition) is 2. The molecule has 1 aromatic carbocycles. The summed E-state index contributed by atoms with van der Waals surface area (Å²) in [5, 5.41) is 10.1. The Kier molecular flexibility index (Phi) is 6.19. The molecular weight excluding hydrogens is 214 g/mol. The standard InChI is InChI=1S/C14H23NO2/c1-3-17-9-8-14(16)13(10-15)12-6-4-11(2)5-7-12/h4-7,13-14,16H,3,8-10,15H2,1-2H3. The molecule has 2 unspecified atom stereocenters. The number of aryl methyl sites for hydroxylation is 1. The topological polar surface area (TPSA) is 55.5 Å². The number of hydrogen-bond acceptors (Lipinski definition) is 3. The molecule has 96 valence electrons. The van der Waals surface area contributed by atoms with Gasteiger partial charge in [0.15, 0.2) is 0 Å². The van der Waals surface area contributed by atoms with Gasteiger partial charge < -0.3 is 15.6 Å². The Morgan fingerprint density at radius 3 is 2.47 bits per heavy atom. The van der Waals surface area contributed by atoms with Crippen LogP contribution in [0.4, 0.5) is 0 Å². The first-order valence-corrected chi connectivity index (χ1v) is 6.21. The molecule has 0 saturated heterocycles. The summed E-state index contributed by atoms with van der Waals surface area (Å²) in [6.07, 6.45) is 0.193. The smallest absolute Gasteiger partial charge is 0.0642 e. The van der Waals surface area contributed by atoms with Gasteiger partial charge in [0.1, 0.15) is 0 Å². The van der Waals surface area contributed by atoms with E-state index in [4.69, 9.17) is 10.5 Å². The summed E-state index contributed by atoms with van der Waals surface area (Å²) in [4.78, 5) is 0. The Labute approximate surface area is 104 Å². The molecule has 3 nitrogen and oxygen atoms in total. The zero-order chi connectivity index (χ0) is 12.7. The van der Waals surface area contributed by atoms with Crippen LogP contribution in [0.15, 0.2) is 24.3 Å². The van der Waals surface area contributed by atoms with Crippen LogP contribution in [0.3, 0.4) is 0 Å². The summed E-state index contributed by atoms with van der Waals surface area (Å²) in [7, 11) is 0. The third-order valence-corrected chi connectivity index (χ3v) is 2.99. The summed E-state index contributed by atoms with van der Waals surface area (Å²) in [5.74, 6) is -0.00365. The van der Waals surface area contributed by atoms with Gasteiger partial charge in [0.25, 0.3) is 0 Å². The van der Waals surface area contributed by atoms with Gasteiger partial charge in [-0.3, -0.25) is 0 Å². The van der Waals surface area contributed by atoms with Crippen molar-refractivity contribution in [2.24, 2.45) is 5.73 Å². The van der Waals surface area contributed by atoms with Crippen molar-refractivity contribution >= 4 is 0 Å². The maximum atomic E-state index is 10.1. The lowest BCUT2D eigenvalue weighted by Gasteiger charge is -2.22. The number of benzene rings is 1. The number of aliphatic hydroxyl groups excluding tert-OH is 1. The summed E-state index contributed by atoms with van der Waals surface area (Å²) >= 11 is 0. The van der Waals surface area contributed by atoms with E-state index in [0.717, 1.165) is 5.56 Å². The van der Waals surface area contributed by atoms with E-state index in [1.54, 1.807) is 0 Å². The second-order valence-electron chi connectivity index (χ2n) is 4.31. The molecule has 0 aromatic heterocycles. The van der Waals surface area contributed by atoms with Crippen LogP contribution in [0.5, 0.6) is 0 Å². The van der Waals surface area contributed by atoms with E-state index >= 15 is 0 Å². The van der Waals surface area contributed by atoms with Crippen LogP contribution in [0.2, 0.25) is 0 Å². The first-order chi connectivity index (χ1) is 8.19. The fourth-order valence-corrected chi connectivity index (χ4v) is 1.88. The lowest BCUT2D eigenvalue weighted by atomic mass is 9.91. The van der Waals surface area contributed by atoms with E-state index < -0.39 is 6.10 Å². The van der Waals surface area contributed by atoms with E-state index in [2.05, 4.69) is 0 Å². The SMILES string of the molecule is CCOCCC(O)C(CN)c1ccc(C)cc1. The van der Waals surface area contributed by atoms with Gasteiger partial charge in [-0.25, -0.2) is 0 Å². The number of nitrogens with two attached hydrogens (primary N) is 1. The van der Waals surface area contributed by atoms with Crippen molar-refractivity contribution in [3.8, 4) is 0 Å². The van der Waals surface area contributed by atoms with Crippen LogP contribution in [0, 0.1) is 6.92 Å². The molecule has 1 aromatic rings. The molecule has 0 amide bonds. The highest BCUT2D eigenvalue weighted by Crippen LogP contribution is 2.21. The fourth-order valence-electron chi connectivity index (χ4n) is 1.88. The van der Waals surface area contributed by atoms with Gasteiger partial charge in [-0.2, -0.15) is 0 Å². The van der Waals surface area contributed by atoms with Crippen molar-refractivity contribution < 1.29 is 9.84 Å². The molecule has 0 saturated carbocycles. The molecule has 1 rings (SSSR count). The van der Waals surface area contributed by atoms with Gasteiger partial charge >= 0.3 is 0 Å². The Bertz CT molecular complexity index is 311. The largest absolute Gasteiger partial charge is 0.392 e. The van der Waals surface area contributed by atoms with Gasteiger partial charge in [0, 0.05) is 25.7 Å². The molecule has 3 heteroatoms. The normalized spacial score (nSPS) is 14.6. The zero-order valence-electron chi connectivity index (χ0n) is 10.7. The summed E-state index contributed by atoms with van der Waals surface area (Å²) in [6, 6.07) is 8.17. The average molecular weight is 237 g/mol. The first-order valence-electron chi connectivity index (χ1n) is 6.21. The maximum Gasteiger partial charge on any atom is 0.0642 e. The van der Waals surface area contributed by atoms with Crippen LogP contribution in [0.1, 0.15) is 30.4 Å². The number of ether oxygens (including phenoxy) is 1. The molecule has 3 N–H and O–H groups in total. The Morgan fingerprint density at radius 2 is 1.94 bits per heavy atom. The average Bonchev–Trinajstić information content (AvgIpc) is 2.33. The van der Waals surface area contributed by atoms with Gasteiger partial charge in [0.2, 0.25) is 0 Å². The van der Waals surface area contributed by atoms with Crippen molar-refractivity contribution in [3.05, 3.63) is 35.4 Å². The van der Waals surface area contributed by atoms with Gasteiger partial charge in [-0.05, 0) is 25.8 Å². The van der Waals surface area contributed by atoms with Crippen molar-refractivity contribution in [2.45, 2.75) is 32.3 Å². The highest BCUT2D eigenvalue weighted by molar-refractivity contribution is 5.25. The first kappa shape index (κ1) is 14.2. The van der Waals surface area contributed by atoms with Crippen LogP contribution >= 0.6 is 0 Å². The van der Waals surface area contributed by atoms with E-state index in [-0.39, 0.29) is 5.92 Å². The van der Waals surface area contributed by atoms with E-state index in [1.165, 1.54) is 5.56 Å². The third-order valence-electron chi connectivity index (χ3n) is 2.99. The maximum absolute atomic E-state index is 10.1. The van der Waals surface area contributed by atoms with Gasteiger partial charge in [-0.1, -0.05) is 29.8 Å². The Balaban J connectivity index is 2.60. The Hall–Kier alpha value is -0.900. The predicted octanol–water partition coefficient (Wildman–Crippen LogP) is 1.82. The van der Waals surface area contributed by atoms with Crippen molar-refractivity contribution in [2.75, 3.05) is 19.8 Å². The fraction of sp³-hybridized carbons (Fsp3) is 0.571. The van der Waals surface area contributed by atoms with Gasteiger partial charge in [0.05, 0.1) is 6.10 Å². The Morgan fingerprint density at radius 1 is 1.29 bits per heavy atom. The molecule has 0 spiro atoms. The predicted molar refractivity (Wildman–Crippen MR) is 70.1 cm³/mol. The third kappa shape index (κ3) is 4.46. The summed E-state index contributed by atoms with van der Waals surface area (Å²) in [6.45, 7) is 5.72. The second kappa shape index (κ2) is 7.43. The molecule has 0 fully saturated rings. The molecule has 0 aliphatic rings. The van der Waals surface area contributed by atoms with Crippen molar-refractivity contribution in [1.29, 1.82) is 0 Å². The van der Waals surface area contributed by atoms with Crippen LogP contribution in [-0.4, -0.2) is 31.0 Å². The van der Waals surface area contributed by atoms with Crippen LogP contribution in [-0.2, 0) is 4.74 Å². The second-order valence-corrected chi connectivity index (χ2v) is 4.31. The lowest BCUT2D eigenvalue weighted by molar-refractivity contribution is 0.0752. The van der Waals surface area contributed by atoms with Crippen LogP contribution < -0.4 is 5.73 Å². The number of aliphatic hydroxyl groups is 1. The van der Waals surface area contributed by atoms with E-state index in [1.807, 2.05) is 38.1 Å². The van der Waals surface area contributed by atoms with Crippen molar-refractivity contribution in [3.63, 3.8) is 0 Å². The van der Waals surface area contributed by atoms with E-state index in [0.29, 0.717) is 26.2 Å². The molecule has 17 heavy (non-hydrogen) atoms. The molecule has 0 aliphatic carbocycles. The molecule has 0 aliphatic heterocycles. The molecule has 0 heterocycles.